The summed E-state index contributed by atoms with van der Waals surface area (Å²) >= 11 is 0. The zero-order valence-electron chi connectivity index (χ0n) is 11.2. The second-order valence-electron chi connectivity index (χ2n) is 4.79. The van der Waals surface area contributed by atoms with E-state index in [1.54, 1.807) is 6.20 Å². The summed E-state index contributed by atoms with van der Waals surface area (Å²) in [7, 11) is 0. The number of H-pyrrole nitrogens is 1. The number of fused-ring (bicyclic) bond motifs is 1. The van der Waals surface area contributed by atoms with Crippen LogP contribution >= 0.6 is 0 Å². The van der Waals surface area contributed by atoms with E-state index < -0.39 is 0 Å². The summed E-state index contributed by atoms with van der Waals surface area (Å²) in [6.07, 6.45) is 1.59. The van der Waals surface area contributed by atoms with Crippen molar-refractivity contribution < 1.29 is 4.74 Å². The first-order valence-electron chi connectivity index (χ1n) is 6.72. The minimum absolute atomic E-state index is 0.203. The largest absolute Gasteiger partial charge is 0.366 e. The molecule has 3 aromatic rings. The first-order chi connectivity index (χ1) is 10.4. The third kappa shape index (κ3) is 2.29. The Labute approximate surface area is 120 Å². The molecule has 1 unspecified atom stereocenters. The van der Waals surface area contributed by atoms with Crippen LogP contribution in [0, 0.1) is 0 Å². The molecule has 2 aromatic heterocycles. The number of benzene rings is 1. The molecular formula is C13H13N7O. The predicted molar refractivity (Wildman–Crippen MR) is 74.6 cm³/mol. The highest BCUT2D eigenvalue weighted by atomic mass is 16.5. The second-order valence-corrected chi connectivity index (χ2v) is 4.79. The summed E-state index contributed by atoms with van der Waals surface area (Å²) in [5.41, 5.74) is 1.78. The Morgan fingerprint density at radius 1 is 1.24 bits per heavy atom. The molecule has 8 heteroatoms. The van der Waals surface area contributed by atoms with Crippen LogP contribution in [0.3, 0.4) is 0 Å². The van der Waals surface area contributed by atoms with E-state index in [0.717, 1.165) is 23.4 Å². The number of para-hydroxylation sites is 2. The van der Waals surface area contributed by atoms with Gasteiger partial charge in [0.05, 0.1) is 30.4 Å². The molecule has 8 nitrogen and oxygen atoms in total. The zero-order valence-corrected chi connectivity index (χ0v) is 11.2. The van der Waals surface area contributed by atoms with Crippen molar-refractivity contribution in [1.29, 1.82) is 0 Å². The molecule has 1 atom stereocenters. The minimum atomic E-state index is -0.203. The van der Waals surface area contributed by atoms with Crippen LogP contribution in [0.5, 0.6) is 0 Å². The molecule has 1 aliphatic rings. The van der Waals surface area contributed by atoms with Crippen molar-refractivity contribution in [1.82, 2.24) is 30.6 Å². The second kappa shape index (κ2) is 5.06. The van der Waals surface area contributed by atoms with Gasteiger partial charge in [-0.25, -0.2) is 4.98 Å². The smallest absolute Gasteiger partial charge is 0.205 e. The Morgan fingerprint density at radius 2 is 2.14 bits per heavy atom. The van der Waals surface area contributed by atoms with Gasteiger partial charge >= 0.3 is 0 Å². The van der Waals surface area contributed by atoms with Crippen molar-refractivity contribution in [3.8, 4) is 0 Å². The number of morpholine rings is 1. The van der Waals surface area contributed by atoms with Crippen molar-refractivity contribution in [3.05, 3.63) is 36.3 Å². The number of rotatable bonds is 2. The van der Waals surface area contributed by atoms with Gasteiger partial charge in [-0.1, -0.05) is 17.3 Å². The van der Waals surface area contributed by atoms with Gasteiger partial charge in [0, 0.05) is 6.54 Å². The van der Waals surface area contributed by atoms with Gasteiger partial charge in [-0.05, 0) is 12.1 Å². The van der Waals surface area contributed by atoms with Gasteiger partial charge in [0.15, 0.2) is 0 Å². The first kappa shape index (κ1) is 12.2. The molecule has 0 spiro atoms. The van der Waals surface area contributed by atoms with Gasteiger partial charge in [-0.3, -0.25) is 4.98 Å². The number of tetrazole rings is 1. The highest BCUT2D eigenvalue weighted by Gasteiger charge is 2.26. The number of hydrogen-bond donors (Lipinski definition) is 1. The van der Waals surface area contributed by atoms with Gasteiger partial charge in [0.1, 0.15) is 11.9 Å². The number of nitrogens with zero attached hydrogens (tertiary/aromatic N) is 6. The first-order valence-corrected chi connectivity index (χ1v) is 6.72. The summed E-state index contributed by atoms with van der Waals surface area (Å²) in [6, 6.07) is 7.83. The zero-order chi connectivity index (χ0) is 14.1. The highest BCUT2D eigenvalue weighted by Crippen LogP contribution is 2.23. The molecule has 0 aliphatic carbocycles. The number of hydrogen-bond acceptors (Lipinski definition) is 7. The van der Waals surface area contributed by atoms with Gasteiger partial charge in [0.25, 0.3) is 0 Å². The van der Waals surface area contributed by atoms with Crippen LogP contribution in [-0.4, -0.2) is 50.3 Å². The van der Waals surface area contributed by atoms with E-state index in [2.05, 4.69) is 35.5 Å². The third-order valence-electron chi connectivity index (χ3n) is 3.48. The van der Waals surface area contributed by atoms with E-state index >= 15 is 0 Å². The molecule has 1 aliphatic heterocycles. The number of aromatic amines is 1. The Balaban J connectivity index is 1.62. The maximum absolute atomic E-state index is 5.69. The number of ether oxygens (including phenoxy) is 1. The Kier molecular flexibility index (Phi) is 2.93. The van der Waals surface area contributed by atoms with Crippen LogP contribution < -0.4 is 4.90 Å². The Morgan fingerprint density at radius 3 is 3.00 bits per heavy atom. The van der Waals surface area contributed by atoms with E-state index in [4.69, 9.17) is 4.74 Å². The predicted octanol–water partition coefficient (Wildman–Crippen LogP) is 0.721. The molecule has 1 N–H and O–H groups in total. The molecule has 1 aromatic carbocycles. The monoisotopic (exact) mass is 283 g/mol. The van der Waals surface area contributed by atoms with Crippen LogP contribution in [0.4, 0.5) is 5.82 Å². The van der Waals surface area contributed by atoms with Crippen LogP contribution in [0.25, 0.3) is 11.0 Å². The van der Waals surface area contributed by atoms with Crippen LogP contribution in [-0.2, 0) is 4.74 Å². The lowest BCUT2D eigenvalue weighted by Gasteiger charge is -2.32. The summed E-state index contributed by atoms with van der Waals surface area (Å²) in [4.78, 5) is 11.2. The molecular weight excluding hydrogens is 270 g/mol. The summed E-state index contributed by atoms with van der Waals surface area (Å²) < 4.78 is 5.69. The molecule has 3 heterocycles. The lowest BCUT2D eigenvalue weighted by molar-refractivity contribution is 0.0338. The van der Waals surface area contributed by atoms with Crippen molar-refractivity contribution in [2.75, 3.05) is 24.6 Å². The topological polar surface area (TPSA) is 92.7 Å². The number of nitrogens with one attached hydrogen (secondary N) is 1. The molecule has 0 amide bonds. The normalized spacial score (nSPS) is 19.0. The fraction of sp³-hybridized carbons (Fsp3) is 0.308. The maximum Gasteiger partial charge on any atom is 0.205 e. The highest BCUT2D eigenvalue weighted by molar-refractivity contribution is 5.75. The Bertz CT molecular complexity index is 745. The van der Waals surface area contributed by atoms with Gasteiger partial charge in [-0.15, -0.1) is 10.2 Å². The van der Waals surface area contributed by atoms with Gasteiger partial charge < -0.3 is 9.64 Å². The fourth-order valence-corrected chi connectivity index (χ4v) is 2.42. The Hall–Kier alpha value is -2.61. The van der Waals surface area contributed by atoms with Crippen molar-refractivity contribution in [3.63, 3.8) is 0 Å². The number of anilines is 1. The average Bonchev–Trinajstić information content (AvgIpc) is 3.09. The lowest BCUT2D eigenvalue weighted by atomic mass is 10.2. The molecule has 0 saturated carbocycles. The molecule has 0 radical (unpaired) electrons. The van der Waals surface area contributed by atoms with E-state index in [9.17, 15) is 0 Å². The van der Waals surface area contributed by atoms with E-state index in [1.165, 1.54) is 0 Å². The molecule has 1 saturated heterocycles. The van der Waals surface area contributed by atoms with Gasteiger partial charge in [0.2, 0.25) is 5.82 Å². The molecule has 21 heavy (non-hydrogen) atoms. The van der Waals surface area contributed by atoms with Crippen LogP contribution in [0.1, 0.15) is 11.9 Å². The van der Waals surface area contributed by atoms with Gasteiger partial charge in [-0.2, -0.15) is 5.21 Å². The van der Waals surface area contributed by atoms with Crippen molar-refractivity contribution in [2.45, 2.75) is 6.10 Å². The third-order valence-corrected chi connectivity index (χ3v) is 3.48. The molecule has 106 valence electrons. The summed E-state index contributed by atoms with van der Waals surface area (Å²) in [6.45, 7) is 1.99. The van der Waals surface area contributed by atoms with Crippen LogP contribution in [0.15, 0.2) is 30.5 Å². The summed E-state index contributed by atoms with van der Waals surface area (Å²) in [5.74, 6) is 1.40. The van der Waals surface area contributed by atoms with E-state index in [-0.39, 0.29) is 6.10 Å². The number of aromatic nitrogens is 6. The standard InChI is InChI=1S/C13H13N7O/c1-2-4-10-9(3-1)14-7-12(15-10)20-5-6-21-11(8-20)13-16-18-19-17-13/h1-4,7,11H,5-6,8H2,(H,16,17,18,19). The van der Waals surface area contributed by atoms with Crippen LogP contribution in [0.2, 0.25) is 0 Å². The fourth-order valence-electron chi connectivity index (χ4n) is 2.42. The molecule has 0 bridgehead atoms. The summed E-state index contributed by atoms with van der Waals surface area (Å²) in [5, 5.41) is 14.0. The maximum atomic E-state index is 5.69. The molecule has 4 rings (SSSR count). The lowest BCUT2D eigenvalue weighted by Crippen LogP contribution is -2.39. The van der Waals surface area contributed by atoms with Crippen molar-refractivity contribution in [2.24, 2.45) is 0 Å². The average molecular weight is 283 g/mol. The van der Waals surface area contributed by atoms with E-state index in [1.807, 2.05) is 24.3 Å². The quantitative estimate of drug-likeness (QED) is 0.740. The SMILES string of the molecule is c1ccc2nc(N3CCOC(c4nn[nH]n4)C3)cnc2c1. The minimum Gasteiger partial charge on any atom is -0.366 e. The van der Waals surface area contributed by atoms with Crippen molar-refractivity contribution >= 4 is 16.9 Å². The molecule has 1 fully saturated rings. The van der Waals surface area contributed by atoms with E-state index in [0.29, 0.717) is 19.0 Å².